The van der Waals surface area contributed by atoms with Crippen molar-refractivity contribution in [2.24, 2.45) is 0 Å². The summed E-state index contributed by atoms with van der Waals surface area (Å²) < 4.78 is 0. The van der Waals surface area contributed by atoms with E-state index in [0.29, 0.717) is 18.9 Å². The molecule has 1 aromatic rings. The van der Waals surface area contributed by atoms with Gasteiger partial charge in [0.1, 0.15) is 0 Å². The van der Waals surface area contributed by atoms with Crippen LogP contribution in [0.1, 0.15) is 38.2 Å². The summed E-state index contributed by atoms with van der Waals surface area (Å²) in [6.45, 7) is 4.76. The molecular formula is C14H18N2O2. The van der Waals surface area contributed by atoms with E-state index in [1.165, 1.54) is 5.56 Å². The molecule has 1 aliphatic heterocycles. The minimum Gasteiger partial charge on any atom is -0.294 e. The van der Waals surface area contributed by atoms with Gasteiger partial charge in [0.05, 0.1) is 0 Å². The molecule has 0 saturated carbocycles. The van der Waals surface area contributed by atoms with Crippen LogP contribution in [0.15, 0.2) is 24.3 Å². The Morgan fingerprint density at radius 3 is 2.83 bits per heavy atom. The number of carbonyl (C=O) groups is 2. The summed E-state index contributed by atoms with van der Waals surface area (Å²) >= 11 is 0. The van der Waals surface area contributed by atoms with Crippen LogP contribution in [-0.4, -0.2) is 18.5 Å². The fourth-order valence-electron chi connectivity index (χ4n) is 2.05. The molecule has 1 aliphatic rings. The Bertz CT molecular complexity index is 471. The second kappa shape index (κ2) is 5.21. The van der Waals surface area contributed by atoms with Gasteiger partial charge < -0.3 is 0 Å². The summed E-state index contributed by atoms with van der Waals surface area (Å²) in [5, 5.41) is 2.34. The van der Waals surface area contributed by atoms with Gasteiger partial charge in [-0.25, -0.2) is 4.79 Å². The molecule has 3 amide bonds. The van der Waals surface area contributed by atoms with Crippen molar-refractivity contribution in [1.29, 1.82) is 0 Å². The normalized spacial score (nSPS) is 17.6. The number of rotatable bonds is 3. The van der Waals surface area contributed by atoms with E-state index >= 15 is 0 Å². The van der Waals surface area contributed by atoms with Crippen LogP contribution in [0.3, 0.4) is 0 Å². The van der Waals surface area contributed by atoms with Crippen LogP contribution in [0.25, 0.3) is 0 Å². The van der Waals surface area contributed by atoms with Crippen LogP contribution in [0.2, 0.25) is 0 Å². The number of benzene rings is 1. The second-order valence-electron chi connectivity index (χ2n) is 4.66. The SMILES string of the molecule is CCC(C)c1cccc(N2CCC(=O)NC2=O)c1. The van der Waals surface area contributed by atoms with Crippen molar-refractivity contribution in [2.45, 2.75) is 32.6 Å². The average Bonchev–Trinajstić information content (AvgIpc) is 2.38. The van der Waals surface area contributed by atoms with E-state index in [0.717, 1.165) is 12.1 Å². The van der Waals surface area contributed by atoms with Crippen molar-refractivity contribution >= 4 is 17.6 Å². The first-order chi connectivity index (χ1) is 8.61. The third kappa shape index (κ3) is 2.53. The fourth-order valence-corrected chi connectivity index (χ4v) is 2.05. The number of nitrogens with zero attached hydrogens (tertiary/aromatic N) is 1. The van der Waals surface area contributed by atoms with E-state index in [-0.39, 0.29) is 11.9 Å². The van der Waals surface area contributed by atoms with Gasteiger partial charge in [0.25, 0.3) is 0 Å². The molecule has 96 valence electrons. The van der Waals surface area contributed by atoms with Crippen LogP contribution in [0.5, 0.6) is 0 Å². The fraction of sp³-hybridized carbons (Fsp3) is 0.429. The van der Waals surface area contributed by atoms with Gasteiger partial charge in [0.15, 0.2) is 0 Å². The van der Waals surface area contributed by atoms with Gasteiger partial charge in [-0.15, -0.1) is 0 Å². The summed E-state index contributed by atoms with van der Waals surface area (Å²) in [6, 6.07) is 7.64. The lowest BCUT2D eigenvalue weighted by atomic mass is 9.98. The highest BCUT2D eigenvalue weighted by atomic mass is 16.2. The topological polar surface area (TPSA) is 49.4 Å². The third-order valence-electron chi connectivity index (χ3n) is 3.42. The lowest BCUT2D eigenvalue weighted by Gasteiger charge is -2.27. The Hall–Kier alpha value is -1.84. The Morgan fingerprint density at radius 1 is 1.39 bits per heavy atom. The van der Waals surface area contributed by atoms with Crippen LogP contribution in [-0.2, 0) is 4.79 Å². The monoisotopic (exact) mass is 246 g/mol. The molecule has 0 aliphatic carbocycles. The molecule has 0 bridgehead atoms. The maximum atomic E-state index is 11.7. The summed E-state index contributed by atoms with van der Waals surface area (Å²) in [7, 11) is 0. The highest BCUT2D eigenvalue weighted by Crippen LogP contribution is 2.24. The van der Waals surface area contributed by atoms with Gasteiger partial charge in [0.2, 0.25) is 5.91 Å². The molecule has 0 spiro atoms. The minimum absolute atomic E-state index is 0.200. The highest BCUT2D eigenvalue weighted by molar-refractivity contribution is 6.05. The van der Waals surface area contributed by atoms with Crippen molar-refractivity contribution in [1.82, 2.24) is 5.32 Å². The molecule has 1 fully saturated rings. The summed E-state index contributed by atoms with van der Waals surface area (Å²) in [5.74, 6) is 0.272. The van der Waals surface area contributed by atoms with Crippen molar-refractivity contribution < 1.29 is 9.59 Å². The Labute approximate surface area is 107 Å². The number of urea groups is 1. The van der Waals surface area contributed by atoms with Crippen molar-refractivity contribution in [3.8, 4) is 0 Å². The molecular weight excluding hydrogens is 228 g/mol. The van der Waals surface area contributed by atoms with E-state index < -0.39 is 0 Å². The lowest BCUT2D eigenvalue weighted by Crippen LogP contribution is -2.49. The second-order valence-corrected chi connectivity index (χ2v) is 4.66. The molecule has 1 unspecified atom stereocenters. The van der Waals surface area contributed by atoms with Gasteiger partial charge in [-0.3, -0.25) is 15.0 Å². The first-order valence-corrected chi connectivity index (χ1v) is 6.33. The van der Waals surface area contributed by atoms with E-state index in [1.54, 1.807) is 4.90 Å². The number of hydrogen-bond acceptors (Lipinski definition) is 2. The quantitative estimate of drug-likeness (QED) is 0.891. The van der Waals surface area contributed by atoms with Crippen LogP contribution in [0.4, 0.5) is 10.5 Å². The number of amides is 3. The molecule has 18 heavy (non-hydrogen) atoms. The smallest absolute Gasteiger partial charge is 0.294 e. The van der Waals surface area contributed by atoms with Crippen LogP contribution < -0.4 is 10.2 Å². The van der Waals surface area contributed by atoms with Crippen LogP contribution in [0, 0.1) is 0 Å². The largest absolute Gasteiger partial charge is 0.328 e. The maximum absolute atomic E-state index is 11.7. The Balaban J connectivity index is 2.23. The molecule has 1 heterocycles. The van der Waals surface area contributed by atoms with E-state index in [1.807, 2.05) is 18.2 Å². The molecule has 2 rings (SSSR count). The molecule has 0 radical (unpaired) electrons. The van der Waals surface area contributed by atoms with Gasteiger partial charge in [-0.1, -0.05) is 26.0 Å². The summed E-state index contributed by atoms with van der Waals surface area (Å²) in [6.07, 6.45) is 1.42. The zero-order valence-electron chi connectivity index (χ0n) is 10.8. The Kier molecular flexibility index (Phi) is 3.65. The number of anilines is 1. The van der Waals surface area contributed by atoms with E-state index in [2.05, 4.69) is 25.2 Å². The zero-order valence-corrected chi connectivity index (χ0v) is 10.8. The Morgan fingerprint density at radius 2 is 2.17 bits per heavy atom. The maximum Gasteiger partial charge on any atom is 0.328 e. The standard InChI is InChI=1S/C14H18N2O2/c1-3-10(2)11-5-4-6-12(9-11)16-8-7-13(17)15-14(16)18/h4-6,9-10H,3,7-8H2,1-2H3,(H,15,17,18). The highest BCUT2D eigenvalue weighted by Gasteiger charge is 2.24. The number of imide groups is 1. The predicted molar refractivity (Wildman–Crippen MR) is 70.6 cm³/mol. The predicted octanol–water partition coefficient (Wildman–Crippen LogP) is 2.65. The summed E-state index contributed by atoms with van der Waals surface area (Å²) in [5.41, 5.74) is 2.08. The molecule has 1 atom stereocenters. The molecule has 4 heteroatoms. The van der Waals surface area contributed by atoms with E-state index in [9.17, 15) is 9.59 Å². The van der Waals surface area contributed by atoms with Crippen molar-refractivity contribution in [3.63, 3.8) is 0 Å². The number of hydrogen-bond donors (Lipinski definition) is 1. The van der Waals surface area contributed by atoms with Crippen LogP contribution >= 0.6 is 0 Å². The number of carbonyl (C=O) groups excluding carboxylic acids is 2. The molecule has 1 aromatic carbocycles. The first-order valence-electron chi connectivity index (χ1n) is 6.33. The van der Waals surface area contributed by atoms with Gasteiger partial charge in [0, 0.05) is 18.7 Å². The molecule has 1 saturated heterocycles. The van der Waals surface area contributed by atoms with E-state index in [4.69, 9.17) is 0 Å². The average molecular weight is 246 g/mol. The van der Waals surface area contributed by atoms with Gasteiger partial charge in [-0.05, 0) is 30.0 Å². The minimum atomic E-state index is -0.326. The first kappa shape index (κ1) is 12.6. The molecule has 0 aromatic heterocycles. The van der Waals surface area contributed by atoms with Crippen molar-refractivity contribution in [2.75, 3.05) is 11.4 Å². The van der Waals surface area contributed by atoms with Gasteiger partial charge in [-0.2, -0.15) is 0 Å². The summed E-state index contributed by atoms with van der Waals surface area (Å²) in [4.78, 5) is 24.5. The molecule has 1 N–H and O–H groups in total. The molecule has 4 nitrogen and oxygen atoms in total. The van der Waals surface area contributed by atoms with Gasteiger partial charge >= 0.3 is 6.03 Å². The lowest BCUT2D eigenvalue weighted by molar-refractivity contribution is -0.120. The zero-order chi connectivity index (χ0) is 13.1. The van der Waals surface area contributed by atoms with Crippen molar-refractivity contribution in [3.05, 3.63) is 29.8 Å². The number of nitrogens with one attached hydrogen (secondary N) is 1. The third-order valence-corrected chi connectivity index (χ3v) is 3.42.